The number of nitrogens with zero attached hydrogens (tertiary/aromatic N) is 3. The summed E-state index contributed by atoms with van der Waals surface area (Å²) in [5.74, 6) is -2.91. The van der Waals surface area contributed by atoms with Gasteiger partial charge in [0.05, 0.1) is 29.9 Å². The van der Waals surface area contributed by atoms with E-state index in [0.29, 0.717) is 22.2 Å². The van der Waals surface area contributed by atoms with E-state index in [-0.39, 0.29) is 30.8 Å². The van der Waals surface area contributed by atoms with Crippen molar-refractivity contribution in [3.63, 3.8) is 0 Å². The summed E-state index contributed by atoms with van der Waals surface area (Å²) in [5.41, 5.74) is 1.63. The van der Waals surface area contributed by atoms with Crippen LogP contribution in [0.1, 0.15) is 23.3 Å². The maximum atomic E-state index is 13.9. The van der Waals surface area contributed by atoms with E-state index < -0.39 is 23.5 Å². The summed E-state index contributed by atoms with van der Waals surface area (Å²) in [5, 5.41) is 9.81. The number of aliphatic hydroxyl groups excluding tert-OH is 1. The smallest absolute Gasteiger partial charge is 0.271 e. The van der Waals surface area contributed by atoms with Crippen LogP contribution < -0.4 is 0 Å². The fourth-order valence-electron chi connectivity index (χ4n) is 4.08. The largest absolute Gasteiger partial charge is 0.394 e. The number of carbonyl (C=O) groups is 1. The molecule has 5 rings (SSSR count). The number of benzene rings is 1. The molecule has 28 heavy (non-hydrogen) atoms. The predicted molar refractivity (Wildman–Crippen MR) is 95.1 cm³/mol. The molecule has 0 bridgehead atoms. The molecule has 1 aromatic carbocycles. The number of aromatic nitrogens is 2. The molecule has 0 spiro atoms. The second-order valence-electron chi connectivity index (χ2n) is 7.26. The van der Waals surface area contributed by atoms with Crippen LogP contribution in [0.3, 0.4) is 0 Å². The zero-order valence-corrected chi connectivity index (χ0v) is 14.7. The van der Waals surface area contributed by atoms with Crippen molar-refractivity contribution in [3.8, 4) is 11.1 Å². The van der Waals surface area contributed by atoms with Crippen LogP contribution >= 0.6 is 0 Å². The van der Waals surface area contributed by atoms with Gasteiger partial charge in [0.15, 0.2) is 11.6 Å². The first-order valence-electron chi connectivity index (χ1n) is 9.06. The average Bonchev–Trinajstić information content (AvgIpc) is 3.46. The highest BCUT2D eigenvalue weighted by molar-refractivity contribution is 6.09. The third-order valence-corrected chi connectivity index (χ3v) is 5.45. The van der Waals surface area contributed by atoms with E-state index in [4.69, 9.17) is 0 Å². The van der Waals surface area contributed by atoms with Crippen LogP contribution in [0.4, 0.5) is 13.2 Å². The van der Waals surface area contributed by atoms with Crippen molar-refractivity contribution in [1.29, 1.82) is 0 Å². The van der Waals surface area contributed by atoms with Gasteiger partial charge in [-0.1, -0.05) is 6.07 Å². The Morgan fingerprint density at radius 2 is 1.93 bits per heavy atom. The minimum Gasteiger partial charge on any atom is -0.394 e. The van der Waals surface area contributed by atoms with Crippen LogP contribution in [-0.4, -0.2) is 44.2 Å². The number of aliphatic hydroxyl groups is 1. The number of pyridine rings is 1. The fraction of sp³-hybridized carbons (Fsp3) is 0.300. The highest BCUT2D eigenvalue weighted by Crippen LogP contribution is 2.41. The van der Waals surface area contributed by atoms with Gasteiger partial charge >= 0.3 is 0 Å². The van der Waals surface area contributed by atoms with Crippen LogP contribution in [-0.2, 0) is 6.54 Å². The molecule has 0 radical (unpaired) electrons. The molecule has 8 heteroatoms. The first-order chi connectivity index (χ1) is 13.5. The molecular weight excluding hydrogens is 371 g/mol. The van der Waals surface area contributed by atoms with Gasteiger partial charge in [-0.3, -0.25) is 9.78 Å². The van der Waals surface area contributed by atoms with Crippen molar-refractivity contribution in [1.82, 2.24) is 14.5 Å². The zero-order chi connectivity index (χ0) is 19.6. The van der Waals surface area contributed by atoms with E-state index in [2.05, 4.69) is 4.98 Å². The quantitative estimate of drug-likeness (QED) is 0.751. The lowest BCUT2D eigenvalue weighted by Gasteiger charge is -2.36. The maximum Gasteiger partial charge on any atom is 0.271 e. The Morgan fingerprint density at radius 1 is 1.14 bits per heavy atom. The molecule has 1 amide bonds. The molecule has 1 fully saturated rings. The minimum absolute atomic E-state index is 0.0545. The number of rotatable bonds is 3. The average molecular weight is 387 g/mol. The summed E-state index contributed by atoms with van der Waals surface area (Å²) >= 11 is 0. The van der Waals surface area contributed by atoms with Gasteiger partial charge in [0.2, 0.25) is 0 Å². The van der Waals surface area contributed by atoms with E-state index in [0.717, 1.165) is 31.2 Å². The van der Waals surface area contributed by atoms with Crippen LogP contribution in [0.25, 0.3) is 22.2 Å². The second-order valence-corrected chi connectivity index (χ2v) is 7.26. The topological polar surface area (TPSA) is 58.4 Å². The summed E-state index contributed by atoms with van der Waals surface area (Å²) < 4.78 is 42.9. The zero-order valence-electron chi connectivity index (χ0n) is 14.7. The molecule has 1 aliphatic heterocycles. The molecule has 1 aliphatic carbocycles. The molecule has 5 nitrogen and oxygen atoms in total. The Bertz CT molecular complexity index is 1120. The van der Waals surface area contributed by atoms with E-state index in [1.807, 2.05) is 0 Å². The second kappa shape index (κ2) is 6.07. The molecule has 1 saturated carbocycles. The standard InChI is InChI=1S/C20H16F3N3O2/c21-11-6-16-18(24-7-11)17(10-1-4-14(22)15(23)5-10)19-20(28)26(12-2-3-12)13(9-27)8-25(16)19/h1,4-7,12-13,27H,2-3,8-9H2/t13-/m0/s1. The van der Waals surface area contributed by atoms with E-state index in [9.17, 15) is 23.1 Å². The lowest BCUT2D eigenvalue weighted by molar-refractivity contribution is 0.0466. The molecule has 3 aromatic rings. The summed E-state index contributed by atoms with van der Waals surface area (Å²) in [6, 6.07) is 4.29. The number of carbonyl (C=O) groups excluding carboxylic acids is 1. The van der Waals surface area contributed by atoms with Gasteiger partial charge in [0, 0.05) is 24.2 Å². The lowest BCUT2D eigenvalue weighted by atomic mass is 10.0. The van der Waals surface area contributed by atoms with Gasteiger partial charge in [-0.25, -0.2) is 13.2 Å². The molecule has 0 unspecified atom stereocenters. The first-order valence-corrected chi connectivity index (χ1v) is 9.06. The summed E-state index contributed by atoms with van der Waals surface area (Å²) in [7, 11) is 0. The first kappa shape index (κ1) is 17.2. The van der Waals surface area contributed by atoms with Crippen LogP contribution in [0, 0.1) is 17.5 Å². The molecule has 2 aliphatic rings. The molecule has 1 atom stereocenters. The van der Waals surface area contributed by atoms with Crippen molar-refractivity contribution in [3.05, 3.63) is 53.6 Å². The van der Waals surface area contributed by atoms with Gasteiger partial charge in [0.1, 0.15) is 11.5 Å². The molecule has 2 aromatic heterocycles. The monoisotopic (exact) mass is 387 g/mol. The predicted octanol–water partition coefficient (Wildman–Crippen LogP) is 3.10. The highest BCUT2D eigenvalue weighted by Gasteiger charge is 2.43. The van der Waals surface area contributed by atoms with Crippen molar-refractivity contribution in [2.75, 3.05) is 6.61 Å². The molecular formula is C20H16F3N3O2. The number of hydrogen-bond donors (Lipinski definition) is 1. The Labute approximate surface area is 158 Å². The highest BCUT2D eigenvalue weighted by atomic mass is 19.2. The Hall–Kier alpha value is -2.87. The molecule has 1 N–H and O–H groups in total. The van der Waals surface area contributed by atoms with Gasteiger partial charge in [-0.15, -0.1) is 0 Å². The minimum atomic E-state index is -1.04. The van der Waals surface area contributed by atoms with Crippen molar-refractivity contribution in [2.45, 2.75) is 31.5 Å². The van der Waals surface area contributed by atoms with Crippen molar-refractivity contribution in [2.24, 2.45) is 0 Å². The van der Waals surface area contributed by atoms with Crippen LogP contribution in [0.15, 0.2) is 30.5 Å². The maximum absolute atomic E-state index is 13.9. The summed E-state index contributed by atoms with van der Waals surface area (Å²) in [4.78, 5) is 19.2. The van der Waals surface area contributed by atoms with E-state index in [1.165, 1.54) is 12.1 Å². The lowest BCUT2D eigenvalue weighted by Crippen LogP contribution is -2.50. The third kappa shape index (κ3) is 2.44. The summed E-state index contributed by atoms with van der Waals surface area (Å²) in [6.07, 6.45) is 2.75. The normalized spacial score (nSPS) is 19.4. The van der Waals surface area contributed by atoms with Gasteiger partial charge in [-0.2, -0.15) is 0 Å². The fourth-order valence-corrected chi connectivity index (χ4v) is 4.08. The van der Waals surface area contributed by atoms with Crippen molar-refractivity contribution >= 4 is 16.9 Å². The van der Waals surface area contributed by atoms with Crippen molar-refractivity contribution < 1.29 is 23.1 Å². The van der Waals surface area contributed by atoms with Gasteiger partial charge < -0.3 is 14.6 Å². The van der Waals surface area contributed by atoms with Crippen LogP contribution in [0.5, 0.6) is 0 Å². The Morgan fingerprint density at radius 3 is 2.61 bits per heavy atom. The number of amides is 1. The van der Waals surface area contributed by atoms with Crippen LogP contribution in [0.2, 0.25) is 0 Å². The summed E-state index contributed by atoms with van der Waals surface area (Å²) in [6.45, 7) is 0.0595. The van der Waals surface area contributed by atoms with Gasteiger partial charge in [-0.05, 0) is 30.5 Å². The third-order valence-electron chi connectivity index (χ3n) is 5.45. The number of halogens is 3. The Balaban J connectivity index is 1.81. The van der Waals surface area contributed by atoms with Gasteiger partial charge in [0.25, 0.3) is 5.91 Å². The molecule has 0 saturated heterocycles. The molecule has 144 valence electrons. The number of hydrogen-bond acceptors (Lipinski definition) is 3. The van der Waals surface area contributed by atoms with E-state index in [1.54, 1.807) is 9.47 Å². The SMILES string of the molecule is O=C1c2c(-c3ccc(F)c(F)c3)c3ncc(F)cc3n2C[C@@H](CO)N1C1CC1. The van der Waals surface area contributed by atoms with E-state index >= 15 is 0 Å². The molecule has 3 heterocycles. The Kier molecular flexibility index (Phi) is 3.74. The number of fused-ring (bicyclic) bond motifs is 3.